The summed E-state index contributed by atoms with van der Waals surface area (Å²) in [5.74, 6) is 0.417. The van der Waals surface area contributed by atoms with E-state index in [9.17, 15) is 13.0 Å². The Morgan fingerprint density at radius 3 is 2.39 bits per heavy atom. The van der Waals surface area contributed by atoms with E-state index in [1.54, 1.807) is 0 Å². The minimum absolute atomic E-state index is 0. The predicted octanol–water partition coefficient (Wildman–Crippen LogP) is 0.408. The first kappa shape index (κ1) is 21.4. The molecule has 124 valence electrons. The number of rotatable bonds is 3. The van der Waals surface area contributed by atoms with Gasteiger partial charge in [-0.05, 0) is 55.4 Å². The van der Waals surface area contributed by atoms with Crippen LogP contribution in [0.4, 0.5) is 11.4 Å². The number of anilines is 2. The Morgan fingerprint density at radius 1 is 1.35 bits per heavy atom. The van der Waals surface area contributed by atoms with Gasteiger partial charge in [0, 0.05) is 18.3 Å². The quantitative estimate of drug-likeness (QED) is 0.623. The maximum Gasteiger partial charge on any atom is 1.00 e. The summed E-state index contributed by atoms with van der Waals surface area (Å²) in [4.78, 5) is 2.24. The zero-order valence-corrected chi connectivity index (χ0v) is 19.0. The van der Waals surface area contributed by atoms with Crippen LogP contribution >= 0.6 is 0 Å². The van der Waals surface area contributed by atoms with Gasteiger partial charge in [-0.3, -0.25) is 4.72 Å². The fourth-order valence-electron chi connectivity index (χ4n) is 3.33. The molecule has 2 rings (SSSR count). The van der Waals surface area contributed by atoms with Gasteiger partial charge in [0.2, 0.25) is 0 Å². The topological polar surface area (TPSA) is 72.5 Å². The third kappa shape index (κ3) is 4.71. The van der Waals surface area contributed by atoms with Gasteiger partial charge < -0.3 is 9.45 Å². The van der Waals surface area contributed by atoms with Crippen molar-refractivity contribution >= 4 is 21.7 Å². The molecule has 0 radical (unpaired) electrons. The fourth-order valence-corrected chi connectivity index (χ4v) is 3.78. The van der Waals surface area contributed by atoms with Gasteiger partial charge in [0.25, 0.3) is 0 Å². The van der Waals surface area contributed by atoms with Gasteiger partial charge in [-0.1, -0.05) is 20.8 Å². The summed E-state index contributed by atoms with van der Waals surface area (Å²) in [6.45, 7) is 10.5. The van der Waals surface area contributed by atoms with Crippen molar-refractivity contribution in [2.45, 2.75) is 58.4 Å². The monoisotopic (exact) mass is 364 g/mol. The van der Waals surface area contributed by atoms with Gasteiger partial charge >= 0.3 is 51.4 Å². The van der Waals surface area contributed by atoms with E-state index in [1.807, 2.05) is 26.0 Å². The van der Waals surface area contributed by atoms with Crippen molar-refractivity contribution in [1.29, 1.82) is 0 Å². The summed E-state index contributed by atoms with van der Waals surface area (Å²) < 4.78 is 35.5. The van der Waals surface area contributed by atoms with Crippen LogP contribution in [0.3, 0.4) is 0 Å². The van der Waals surface area contributed by atoms with E-state index in [0.29, 0.717) is 11.6 Å². The molecule has 1 heterocycles. The molecule has 1 aromatic carbocycles. The van der Waals surface area contributed by atoms with Crippen molar-refractivity contribution in [2.24, 2.45) is 0 Å². The first-order chi connectivity index (χ1) is 9.92. The van der Waals surface area contributed by atoms with Crippen molar-refractivity contribution in [3.8, 4) is 0 Å². The molecule has 1 unspecified atom stereocenters. The van der Waals surface area contributed by atoms with Crippen LogP contribution in [0.1, 0.15) is 64.0 Å². The molecule has 0 saturated carbocycles. The second kappa shape index (κ2) is 7.31. The summed E-state index contributed by atoms with van der Waals surface area (Å²) >= 11 is 0. The summed E-state index contributed by atoms with van der Waals surface area (Å²) in [7, 11) is -2.47. The van der Waals surface area contributed by atoms with Crippen LogP contribution in [0.15, 0.2) is 12.1 Å². The van der Waals surface area contributed by atoms with Crippen molar-refractivity contribution < 1.29 is 64.4 Å². The Morgan fingerprint density at radius 2 is 1.91 bits per heavy atom. The predicted molar refractivity (Wildman–Crippen MR) is 89.4 cm³/mol. The van der Waals surface area contributed by atoms with Gasteiger partial charge in [-0.25, -0.2) is 8.42 Å². The minimum atomic E-state index is -4.53. The van der Waals surface area contributed by atoms with Crippen molar-refractivity contribution in [3.05, 3.63) is 23.3 Å². The van der Waals surface area contributed by atoms with Crippen molar-refractivity contribution in [3.63, 3.8) is 0 Å². The van der Waals surface area contributed by atoms with Gasteiger partial charge in [0.05, 0.1) is 5.69 Å². The molecule has 1 N–H and O–H groups in total. The number of hydrogen-bond donors (Lipinski definition) is 1. The fraction of sp³-hybridized carbons (Fsp3) is 0.625. The van der Waals surface area contributed by atoms with E-state index >= 15 is 0 Å². The summed E-state index contributed by atoms with van der Waals surface area (Å²) in [6.07, 6.45) is 0.973. The Kier molecular flexibility index (Phi) is 6.81. The molecular weight excluding hydrogens is 339 g/mol. The van der Waals surface area contributed by atoms with Gasteiger partial charge in [0.1, 0.15) is 0 Å². The van der Waals surface area contributed by atoms with Gasteiger partial charge in [-0.2, -0.15) is 0 Å². The normalized spacial score (nSPS) is 20.0. The number of nitrogens with one attached hydrogen (secondary N) is 1. The number of fused-ring (bicyclic) bond motifs is 1. The molecule has 23 heavy (non-hydrogen) atoms. The standard InChI is InChI=1S/C16H26N2O3S.K/c1-10(2)12-8-15-13(7-14(12)17-22(19,20)21)11(3)9-16(4,5)18(15)6;/h7-8,10-11,17H,9H2,1-6H3,(H,19,20,21);/q;+1/p-1. The van der Waals surface area contributed by atoms with E-state index in [2.05, 4.69) is 37.4 Å². The third-order valence-corrected chi connectivity index (χ3v) is 5.13. The molecule has 1 atom stereocenters. The molecule has 1 aliphatic heterocycles. The van der Waals surface area contributed by atoms with Crippen LogP contribution in [-0.4, -0.2) is 25.6 Å². The zero-order chi connectivity index (χ0) is 16.9. The molecule has 0 bridgehead atoms. The average molecular weight is 365 g/mol. The second-order valence-corrected chi connectivity index (χ2v) is 8.30. The third-order valence-electron chi connectivity index (χ3n) is 4.66. The summed E-state index contributed by atoms with van der Waals surface area (Å²) in [5.41, 5.74) is 3.48. The second-order valence-electron chi connectivity index (χ2n) is 7.19. The van der Waals surface area contributed by atoms with Crippen LogP contribution in [-0.2, 0) is 10.3 Å². The Labute approximate surface area is 182 Å². The molecule has 0 saturated heterocycles. The van der Waals surface area contributed by atoms with Gasteiger partial charge in [-0.15, -0.1) is 0 Å². The number of hydrogen-bond acceptors (Lipinski definition) is 4. The van der Waals surface area contributed by atoms with Crippen LogP contribution in [0.25, 0.3) is 0 Å². The molecule has 0 aromatic heterocycles. The van der Waals surface area contributed by atoms with E-state index < -0.39 is 10.3 Å². The van der Waals surface area contributed by atoms with E-state index in [4.69, 9.17) is 0 Å². The molecule has 1 aliphatic rings. The Balaban J connectivity index is 0.00000264. The SMILES string of the molecule is CC(C)c1cc2c(cc1NS(=O)(=O)[O-])C(C)CC(C)(C)N2C.[K+]. The van der Waals surface area contributed by atoms with Gasteiger partial charge in [0.15, 0.2) is 10.3 Å². The first-order valence-corrected chi connectivity index (χ1v) is 8.98. The van der Waals surface area contributed by atoms with E-state index in [1.165, 1.54) is 0 Å². The molecule has 0 fully saturated rings. The first-order valence-electron chi connectivity index (χ1n) is 7.57. The van der Waals surface area contributed by atoms with E-state index in [-0.39, 0.29) is 62.8 Å². The maximum absolute atomic E-state index is 11.1. The van der Waals surface area contributed by atoms with Crippen molar-refractivity contribution in [1.82, 2.24) is 0 Å². The number of benzene rings is 1. The van der Waals surface area contributed by atoms with Crippen LogP contribution < -0.4 is 61.0 Å². The Bertz CT molecular complexity index is 687. The summed E-state index contributed by atoms with van der Waals surface area (Å²) in [5, 5.41) is 0. The largest absolute Gasteiger partial charge is 1.00 e. The average Bonchev–Trinajstić information content (AvgIpc) is 2.33. The number of nitrogens with zero attached hydrogens (tertiary/aromatic N) is 1. The maximum atomic E-state index is 11.1. The molecule has 0 spiro atoms. The van der Waals surface area contributed by atoms with E-state index in [0.717, 1.165) is 23.2 Å². The van der Waals surface area contributed by atoms with Crippen LogP contribution in [0, 0.1) is 0 Å². The molecule has 0 aliphatic carbocycles. The zero-order valence-electron chi connectivity index (χ0n) is 15.1. The molecule has 7 heteroatoms. The molecular formula is C16H25KN2O3S. The molecule has 1 aromatic rings. The minimum Gasteiger partial charge on any atom is -0.731 e. The molecule has 5 nitrogen and oxygen atoms in total. The molecule has 0 amide bonds. The summed E-state index contributed by atoms with van der Waals surface area (Å²) in [6, 6.07) is 3.85. The Hall–Kier alpha value is 0.366. The van der Waals surface area contributed by atoms with Crippen molar-refractivity contribution in [2.75, 3.05) is 16.7 Å². The smallest absolute Gasteiger partial charge is 0.731 e. The van der Waals surface area contributed by atoms with Crippen LogP contribution in [0.5, 0.6) is 0 Å². The van der Waals surface area contributed by atoms with Crippen LogP contribution in [0.2, 0.25) is 0 Å².